The summed E-state index contributed by atoms with van der Waals surface area (Å²) in [5, 5.41) is 0. The maximum atomic E-state index is 5.60. The van der Waals surface area contributed by atoms with Crippen molar-refractivity contribution in [2.45, 2.75) is 25.9 Å². The van der Waals surface area contributed by atoms with Crippen molar-refractivity contribution in [2.75, 3.05) is 13.7 Å². The predicted molar refractivity (Wildman–Crippen MR) is 69.0 cm³/mol. The van der Waals surface area contributed by atoms with Gasteiger partial charge in [-0.2, -0.15) is 0 Å². The Labute approximate surface area is 101 Å². The highest BCUT2D eigenvalue weighted by Gasteiger charge is 2.10. The van der Waals surface area contributed by atoms with E-state index in [9.17, 15) is 0 Å². The Hall–Kier alpha value is -1.39. The average molecular weight is 233 g/mol. The number of rotatable bonds is 5. The van der Waals surface area contributed by atoms with E-state index in [2.05, 4.69) is 35.1 Å². The van der Waals surface area contributed by atoms with E-state index in [4.69, 9.17) is 10.5 Å². The van der Waals surface area contributed by atoms with Gasteiger partial charge >= 0.3 is 0 Å². The summed E-state index contributed by atoms with van der Waals surface area (Å²) in [6, 6.07) is 6.32. The summed E-state index contributed by atoms with van der Waals surface area (Å²) < 4.78 is 5.26. The molecule has 0 amide bonds. The summed E-state index contributed by atoms with van der Waals surface area (Å²) in [6.07, 6.45) is 1.79. The van der Waals surface area contributed by atoms with Crippen LogP contribution >= 0.6 is 0 Å². The Morgan fingerprint density at radius 1 is 1.47 bits per heavy atom. The number of hydrogen-bond donors (Lipinski definition) is 2. The van der Waals surface area contributed by atoms with Crippen molar-refractivity contribution in [3.05, 3.63) is 29.6 Å². The number of imidazole rings is 1. The quantitative estimate of drug-likeness (QED) is 0.825. The molecule has 1 atom stereocenters. The van der Waals surface area contributed by atoms with E-state index < -0.39 is 0 Å². The Morgan fingerprint density at radius 3 is 2.94 bits per heavy atom. The van der Waals surface area contributed by atoms with Gasteiger partial charge in [0.2, 0.25) is 0 Å². The minimum atomic E-state index is 0.0289. The van der Waals surface area contributed by atoms with E-state index >= 15 is 0 Å². The zero-order valence-corrected chi connectivity index (χ0v) is 10.4. The molecule has 4 nitrogen and oxygen atoms in total. The number of H-pyrrole nitrogens is 1. The molecule has 2 aromatic rings. The molecule has 92 valence electrons. The summed E-state index contributed by atoms with van der Waals surface area (Å²) in [4.78, 5) is 7.86. The van der Waals surface area contributed by atoms with Gasteiger partial charge in [0, 0.05) is 20.1 Å². The van der Waals surface area contributed by atoms with Crippen molar-refractivity contribution in [1.29, 1.82) is 0 Å². The number of fused-ring (bicyclic) bond motifs is 1. The standard InChI is InChI=1S/C13H19N3O/c1-3-9-4-5-11-12(6-9)16-13(15-11)7-10(8-14)17-2/h4-6,10H,3,7-8,14H2,1-2H3,(H,15,16). The molecule has 2 rings (SSSR count). The molecular formula is C13H19N3O. The van der Waals surface area contributed by atoms with Crippen LogP contribution in [0.3, 0.4) is 0 Å². The predicted octanol–water partition coefficient (Wildman–Crippen LogP) is 1.64. The van der Waals surface area contributed by atoms with Crippen molar-refractivity contribution in [1.82, 2.24) is 9.97 Å². The molecule has 0 aliphatic rings. The van der Waals surface area contributed by atoms with Crippen LogP contribution in [-0.2, 0) is 17.6 Å². The minimum absolute atomic E-state index is 0.0289. The molecule has 17 heavy (non-hydrogen) atoms. The monoisotopic (exact) mass is 233 g/mol. The molecule has 0 fully saturated rings. The van der Waals surface area contributed by atoms with Gasteiger partial charge in [-0.3, -0.25) is 0 Å². The molecule has 3 N–H and O–H groups in total. The third-order valence-corrected chi connectivity index (χ3v) is 3.02. The number of hydrogen-bond acceptors (Lipinski definition) is 3. The van der Waals surface area contributed by atoms with Crippen LogP contribution in [0.1, 0.15) is 18.3 Å². The van der Waals surface area contributed by atoms with Crippen molar-refractivity contribution in [3.8, 4) is 0 Å². The van der Waals surface area contributed by atoms with Crippen LogP contribution in [-0.4, -0.2) is 29.7 Å². The van der Waals surface area contributed by atoms with Gasteiger partial charge in [0.25, 0.3) is 0 Å². The van der Waals surface area contributed by atoms with Gasteiger partial charge in [-0.05, 0) is 24.1 Å². The van der Waals surface area contributed by atoms with E-state index in [1.165, 1.54) is 5.56 Å². The van der Waals surface area contributed by atoms with E-state index in [0.29, 0.717) is 6.54 Å². The number of nitrogens with two attached hydrogens (primary N) is 1. The SMILES string of the molecule is CCc1ccc2nc(CC(CN)OC)[nH]c2c1. The van der Waals surface area contributed by atoms with E-state index in [1.54, 1.807) is 7.11 Å². The second kappa shape index (κ2) is 5.29. The van der Waals surface area contributed by atoms with Crippen LogP contribution in [0, 0.1) is 0 Å². The summed E-state index contributed by atoms with van der Waals surface area (Å²) in [5.41, 5.74) is 9.01. The van der Waals surface area contributed by atoms with Gasteiger partial charge in [-0.1, -0.05) is 13.0 Å². The second-order valence-corrected chi connectivity index (χ2v) is 4.19. The highest BCUT2D eigenvalue weighted by atomic mass is 16.5. The first-order chi connectivity index (χ1) is 8.26. The molecule has 0 saturated heterocycles. The normalized spacial score (nSPS) is 13.1. The molecule has 0 saturated carbocycles. The Morgan fingerprint density at radius 2 is 2.29 bits per heavy atom. The maximum Gasteiger partial charge on any atom is 0.109 e. The van der Waals surface area contributed by atoms with Crippen LogP contribution in [0.15, 0.2) is 18.2 Å². The first-order valence-corrected chi connectivity index (χ1v) is 5.97. The molecule has 0 radical (unpaired) electrons. The van der Waals surface area contributed by atoms with Gasteiger partial charge in [0.05, 0.1) is 17.1 Å². The topological polar surface area (TPSA) is 63.9 Å². The molecule has 0 aliphatic heterocycles. The number of methoxy groups -OCH3 is 1. The van der Waals surface area contributed by atoms with Crippen molar-refractivity contribution in [2.24, 2.45) is 5.73 Å². The zero-order valence-electron chi connectivity index (χ0n) is 10.4. The third-order valence-electron chi connectivity index (χ3n) is 3.02. The Bertz CT molecular complexity index is 488. The van der Waals surface area contributed by atoms with Crippen LogP contribution < -0.4 is 5.73 Å². The van der Waals surface area contributed by atoms with E-state index in [1.807, 2.05) is 0 Å². The fraction of sp³-hybridized carbons (Fsp3) is 0.462. The van der Waals surface area contributed by atoms with Crippen molar-refractivity contribution >= 4 is 11.0 Å². The van der Waals surface area contributed by atoms with Gasteiger partial charge in [-0.15, -0.1) is 0 Å². The van der Waals surface area contributed by atoms with E-state index in [-0.39, 0.29) is 6.10 Å². The third kappa shape index (κ3) is 2.65. The van der Waals surface area contributed by atoms with Crippen molar-refractivity contribution < 1.29 is 4.74 Å². The Balaban J connectivity index is 2.25. The van der Waals surface area contributed by atoms with Crippen LogP contribution in [0.5, 0.6) is 0 Å². The number of ether oxygens (including phenoxy) is 1. The molecule has 0 spiro atoms. The molecule has 1 heterocycles. The number of aromatic nitrogens is 2. The first kappa shape index (κ1) is 12.1. The number of aromatic amines is 1. The summed E-state index contributed by atoms with van der Waals surface area (Å²) >= 11 is 0. The maximum absolute atomic E-state index is 5.60. The van der Waals surface area contributed by atoms with Gasteiger partial charge in [0.1, 0.15) is 5.82 Å². The molecule has 1 unspecified atom stereocenters. The second-order valence-electron chi connectivity index (χ2n) is 4.19. The number of benzene rings is 1. The molecule has 0 bridgehead atoms. The number of aryl methyl sites for hydroxylation is 1. The Kier molecular flexibility index (Phi) is 3.76. The molecule has 1 aromatic heterocycles. The smallest absolute Gasteiger partial charge is 0.109 e. The molecule has 1 aromatic carbocycles. The summed E-state index contributed by atoms with van der Waals surface area (Å²) in [6.45, 7) is 2.65. The molecule has 4 heteroatoms. The lowest BCUT2D eigenvalue weighted by Gasteiger charge is -2.09. The zero-order chi connectivity index (χ0) is 12.3. The number of nitrogens with one attached hydrogen (secondary N) is 1. The van der Waals surface area contributed by atoms with Crippen LogP contribution in [0.25, 0.3) is 11.0 Å². The molecular weight excluding hydrogens is 214 g/mol. The van der Waals surface area contributed by atoms with Gasteiger partial charge in [-0.25, -0.2) is 4.98 Å². The highest BCUT2D eigenvalue weighted by molar-refractivity contribution is 5.75. The average Bonchev–Trinajstić information content (AvgIpc) is 2.76. The van der Waals surface area contributed by atoms with Crippen LogP contribution in [0.2, 0.25) is 0 Å². The molecule has 0 aliphatic carbocycles. The minimum Gasteiger partial charge on any atom is -0.380 e. The number of nitrogens with zero attached hydrogens (tertiary/aromatic N) is 1. The first-order valence-electron chi connectivity index (χ1n) is 5.97. The lowest BCUT2D eigenvalue weighted by Crippen LogP contribution is -2.25. The van der Waals surface area contributed by atoms with Crippen LogP contribution in [0.4, 0.5) is 0 Å². The largest absolute Gasteiger partial charge is 0.380 e. The lowest BCUT2D eigenvalue weighted by molar-refractivity contribution is 0.108. The van der Waals surface area contributed by atoms with E-state index in [0.717, 1.165) is 29.7 Å². The summed E-state index contributed by atoms with van der Waals surface area (Å²) in [7, 11) is 1.68. The van der Waals surface area contributed by atoms with Crippen molar-refractivity contribution in [3.63, 3.8) is 0 Å². The fourth-order valence-electron chi connectivity index (χ4n) is 1.90. The summed E-state index contributed by atoms with van der Waals surface area (Å²) in [5.74, 6) is 0.936. The fourth-order valence-corrected chi connectivity index (χ4v) is 1.90. The highest BCUT2D eigenvalue weighted by Crippen LogP contribution is 2.15. The van der Waals surface area contributed by atoms with Gasteiger partial charge in [0.15, 0.2) is 0 Å². The lowest BCUT2D eigenvalue weighted by atomic mass is 10.1. The van der Waals surface area contributed by atoms with Gasteiger partial charge < -0.3 is 15.5 Å².